The Labute approximate surface area is 167 Å². The summed E-state index contributed by atoms with van der Waals surface area (Å²) >= 11 is 0. The Hall–Kier alpha value is -3.44. The number of fused-ring (bicyclic) bond motifs is 1. The molecule has 3 rings (SSSR count). The van der Waals surface area contributed by atoms with E-state index in [1.807, 2.05) is 0 Å². The lowest BCUT2D eigenvalue weighted by Crippen LogP contribution is -2.37. The van der Waals surface area contributed by atoms with Crippen LogP contribution in [0.25, 0.3) is 0 Å². The van der Waals surface area contributed by atoms with Crippen molar-refractivity contribution >= 4 is 23.6 Å². The van der Waals surface area contributed by atoms with Gasteiger partial charge in [-0.25, -0.2) is 19.2 Å². The second-order valence-electron chi connectivity index (χ2n) is 6.40. The highest BCUT2D eigenvalue weighted by atomic mass is 19.4. The number of alkyl halides is 3. The summed E-state index contributed by atoms with van der Waals surface area (Å²) in [5.41, 5.74) is -1.08. The summed E-state index contributed by atoms with van der Waals surface area (Å²) in [6, 6.07) is 2.08. The third-order valence-corrected chi connectivity index (χ3v) is 4.58. The highest BCUT2D eigenvalue weighted by Crippen LogP contribution is 2.40. The number of ether oxygens (including phenoxy) is 1. The van der Waals surface area contributed by atoms with Gasteiger partial charge >= 0.3 is 18.2 Å². The van der Waals surface area contributed by atoms with Gasteiger partial charge in [0.1, 0.15) is 24.5 Å². The first-order chi connectivity index (χ1) is 14.1. The summed E-state index contributed by atoms with van der Waals surface area (Å²) < 4.78 is 58.9. The monoisotopic (exact) mass is 428 g/mol. The van der Waals surface area contributed by atoms with Crippen LogP contribution >= 0.6 is 0 Å². The second kappa shape index (κ2) is 8.13. The summed E-state index contributed by atoms with van der Waals surface area (Å²) in [6.45, 7) is -0.635. The van der Waals surface area contributed by atoms with Gasteiger partial charge in [-0.3, -0.25) is 4.79 Å². The Morgan fingerprint density at radius 1 is 1.30 bits per heavy atom. The maximum Gasteiger partial charge on any atom is 0.418 e. The Balaban J connectivity index is 2.16. The van der Waals surface area contributed by atoms with E-state index in [0.29, 0.717) is 17.3 Å². The van der Waals surface area contributed by atoms with Crippen LogP contribution in [0.3, 0.4) is 0 Å². The predicted molar refractivity (Wildman–Crippen MR) is 94.6 cm³/mol. The van der Waals surface area contributed by atoms with Gasteiger partial charge in [0.2, 0.25) is 0 Å². The van der Waals surface area contributed by atoms with Gasteiger partial charge in [-0.2, -0.15) is 13.2 Å². The number of carbonyl (C=O) groups is 2. The van der Waals surface area contributed by atoms with E-state index in [1.54, 1.807) is 0 Å². The standard InChI is InChI=1S/C18H16F4N4O4/c1-30-15(27)8-26(14-3-2-10(19)6-12(14)18(20,21)22)16-11-4-5-25(17(28)29)7-13(11)23-9-24-16/h2-3,6,9H,4-5,7-8H2,1H3,(H,28,29). The van der Waals surface area contributed by atoms with Gasteiger partial charge in [-0.15, -0.1) is 0 Å². The molecule has 8 nitrogen and oxygen atoms in total. The molecule has 1 aromatic heterocycles. The van der Waals surface area contributed by atoms with E-state index < -0.39 is 41.9 Å². The van der Waals surface area contributed by atoms with Crippen molar-refractivity contribution in [3.8, 4) is 0 Å². The molecule has 2 aromatic rings. The van der Waals surface area contributed by atoms with E-state index in [0.717, 1.165) is 35.4 Å². The normalized spacial score (nSPS) is 13.6. The van der Waals surface area contributed by atoms with E-state index >= 15 is 0 Å². The van der Waals surface area contributed by atoms with Crippen molar-refractivity contribution in [2.75, 3.05) is 25.1 Å². The number of aromatic nitrogens is 2. The van der Waals surface area contributed by atoms with Gasteiger partial charge in [0.05, 0.1) is 30.6 Å². The zero-order valence-corrected chi connectivity index (χ0v) is 15.6. The molecule has 0 radical (unpaired) electrons. The molecule has 0 saturated carbocycles. The van der Waals surface area contributed by atoms with Crippen molar-refractivity contribution in [1.82, 2.24) is 14.9 Å². The minimum absolute atomic E-state index is 0.00690. The highest BCUT2D eigenvalue weighted by Gasteiger charge is 2.37. The number of anilines is 2. The fraction of sp³-hybridized carbons (Fsp3) is 0.333. The van der Waals surface area contributed by atoms with Crippen LogP contribution < -0.4 is 4.90 Å². The number of esters is 1. The molecule has 0 spiro atoms. The van der Waals surface area contributed by atoms with Crippen molar-refractivity contribution in [3.63, 3.8) is 0 Å². The number of benzene rings is 1. The second-order valence-corrected chi connectivity index (χ2v) is 6.40. The van der Waals surface area contributed by atoms with Crippen molar-refractivity contribution in [3.05, 3.63) is 47.2 Å². The van der Waals surface area contributed by atoms with Gasteiger partial charge in [0, 0.05) is 12.1 Å². The quantitative estimate of drug-likeness (QED) is 0.591. The van der Waals surface area contributed by atoms with E-state index in [1.165, 1.54) is 0 Å². The molecule has 1 N–H and O–H groups in total. The molecule has 160 valence electrons. The summed E-state index contributed by atoms with van der Waals surface area (Å²) in [5.74, 6) is -1.94. The molecule has 2 heterocycles. The first-order valence-electron chi connectivity index (χ1n) is 8.63. The average molecular weight is 428 g/mol. The van der Waals surface area contributed by atoms with Gasteiger partial charge in [-0.05, 0) is 24.6 Å². The van der Waals surface area contributed by atoms with Gasteiger partial charge in [-0.1, -0.05) is 0 Å². The first-order valence-corrected chi connectivity index (χ1v) is 8.63. The Morgan fingerprint density at radius 3 is 2.67 bits per heavy atom. The highest BCUT2D eigenvalue weighted by molar-refractivity contribution is 5.81. The lowest BCUT2D eigenvalue weighted by atomic mass is 10.0. The zero-order chi connectivity index (χ0) is 22.1. The summed E-state index contributed by atoms with van der Waals surface area (Å²) in [6.07, 6.45) is -4.87. The van der Waals surface area contributed by atoms with E-state index in [-0.39, 0.29) is 25.3 Å². The minimum atomic E-state index is -4.90. The third-order valence-electron chi connectivity index (χ3n) is 4.58. The van der Waals surface area contributed by atoms with Crippen LogP contribution in [0.15, 0.2) is 24.5 Å². The van der Waals surface area contributed by atoms with E-state index in [9.17, 15) is 32.3 Å². The summed E-state index contributed by atoms with van der Waals surface area (Å²) in [4.78, 5) is 33.3. The smallest absolute Gasteiger partial charge is 0.418 e. The van der Waals surface area contributed by atoms with Crippen LogP contribution in [0.4, 0.5) is 33.9 Å². The molecule has 12 heteroatoms. The number of carboxylic acid groups (broad SMARTS) is 1. The lowest BCUT2D eigenvalue weighted by Gasteiger charge is -2.31. The molecule has 0 bridgehead atoms. The molecular weight excluding hydrogens is 412 g/mol. The van der Waals surface area contributed by atoms with Crippen LogP contribution in [0, 0.1) is 5.82 Å². The molecule has 1 amide bonds. The largest absolute Gasteiger partial charge is 0.468 e. The van der Waals surface area contributed by atoms with Crippen LogP contribution in [-0.4, -0.2) is 52.2 Å². The number of methoxy groups -OCH3 is 1. The SMILES string of the molecule is COC(=O)CN(c1ccc(F)cc1C(F)(F)F)c1ncnc2c1CCN(C(=O)O)C2. The number of halogens is 4. The number of amides is 1. The molecule has 0 atom stereocenters. The number of rotatable bonds is 4. The van der Waals surface area contributed by atoms with Crippen molar-refractivity contribution in [1.29, 1.82) is 0 Å². The molecular formula is C18H16F4N4O4. The summed E-state index contributed by atoms with van der Waals surface area (Å²) in [5, 5.41) is 9.17. The molecule has 30 heavy (non-hydrogen) atoms. The van der Waals surface area contributed by atoms with Crippen molar-refractivity contribution in [2.24, 2.45) is 0 Å². The van der Waals surface area contributed by atoms with Gasteiger partial charge in [0.15, 0.2) is 0 Å². The molecule has 1 aliphatic rings. The number of hydrogen-bond donors (Lipinski definition) is 1. The fourth-order valence-electron chi connectivity index (χ4n) is 3.17. The van der Waals surface area contributed by atoms with Crippen LogP contribution in [0.1, 0.15) is 16.8 Å². The van der Waals surface area contributed by atoms with Gasteiger partial charge < -0.3 is 19.6 Å². The summed E-state index contributed by atoms with van der Waals surface area (Å²) in [7, 11) is 1.08. The topological polar surface area (TPSA) is 95.9 Å². The van der Waals surface area contributed by atoms with Crippen LogP contribution in [-0.2, 0) is 28.7 Å². The van der Waals surface area contributed by atoms with Gasteiger partial charge in [0.25, 0.3) is 0 Å². The molecule has 0 unspecified atom stereocenters. The maximum absolute atomic E-state index is 13.6. The first kappa shape index (κ1) is 21.3. The Bertz CT molecular complexity index is 983. The third kappa shape index (κ3) is 4.26. The van der Waals surface area contributed by atoms with Crippen LogP contribution in [0.5, 0.6) is 0 Å². The minimum Gasteiger partial charge on any atom is -0.468 e. The van der Waals surface area contributed by atoms with Crippen molar-refractivity contribution in [2.45, 2.75) is 19.1 Å². The fourth-order valence-corrected chi connectivity index (χ4v) is 3.17. The Morgan fingerprint density at radius 2 is 2.03 bits per heavy atom. The molecule has 1 aliphatic heterocycles. The predicted octanol–water partition coefficient (Wildman–Crippen LogP) is 2.98. The molecule has 1 aromatic carbocycles. The number of hydrogen-bond acceptors (Lipinski definition) is 6. The average Bonchev–Trinajstić information content (AvgIpc) is 2.70. The number of carbonyl (C=O) groups excluding carboxylic acids is 1. The molecule has 0 aliphatic carbocycles. The number of nitrogens with zero attached hydrogens (tertiary/aromatic N) is 4. The van der Waals surface area contributed by atoms with Crippen molar-refractivity contribution < 1.29 is 37.0 Å². The maximum atomic E-state index is 13.6. The van der Waals surface area contributed by atoms with E-state index in [2.05, 4.69) is 14.7 Å². The Kier molecular flexibility index (Phi) is 5.76. The zero-order valence-electron chi connectivity index (χ0n) is 15.6. The molecule has 0 saturated heterocycles. The molecule has 0 fully saturated rings. The van der Waals surface area contributed by atoms with Crippen LogP contribution in [0.2, 0.25) is 0 Å². The lowest BCUT2D eigenvalue weighted by molar-refractivity contribution is -0.140. The van der Waals surface area contributed by atoms with E-state index in [4.69, 9.17) is 0 Å².